The number of nitrogens with one attached hydrogen (secondary N) is 1. The molecule has 0 aliphatic carbocycles. The van der Waals surface area contributed by atoms with Crippen LogP contribution in [0.15, 0.2) is 48.5 Å². The summed E-state index contributed by atoms with van der Waals surface area (Å²) in [6.07, 6.45) is -0.938. The summed E-state index contributed by atoms with van der Waals surface area (Å²) in [5.41, 5.74) is 0. The van der Waals surface area contributed by atoms with Gasteiger partial charge in [-0.3, -0.25) is 0 Å². The molecule has 0 atom stereocenters. The monoisotopic (exact) mass is 403 g/mol. The minimum Gasteiger partial charge on any atom is -0.497 e. The average molecular weight is 405 g/mol. The Labute approximate surface area is 158 Å². The van der Waals surface area contributed by atoms with Crippen molar-refractivity contribution in [3.05, 3.63) is 48.5 Å². The molecule has 0 saturated heterocycles. The Hall–Kier alpha value is -2.02. The van der Waals surface area contributed by atoms with E-state index in [2.05, 4.69) is 5.32 Å². The number of benzene rings is 2. The van der Waals surface area contributed by atoms with Crippen molar-refractivity contribution in [1.29, 1.82) is 0 Å². The minimum atomic E-state index is -2.14. The minimum absolute atomic E-state index is 0.229. The van der Waals surface area contributed by atoms with Crippen molar-refractivity contribution < 1.29 is 23.7 Å². The van der Waals surface area contributed by atoms with E-state index in [0.29, 0.717) is 17.2 Å². The van der Waals surface area contributed by atoms with Gasteiger partial charge < -0.3 is 18.9 Å². The summed E-state index contributed by atoms with van der Waals surface area (Å²) in [5, 5.41) is 2.32. The van der Waals surface area contributed by atoms with E-state index in [4.69, 9.17) is 53.8 Å². The maximum Gasteiger partial charge on any atom is 0.418 e. The van der Waals surface area contributed by atoms with Crippen LogP contribution < -0.4 is 24.3 Å². The maximum atomic E-state index is 12.3. The van der Waals surface area contributed by atoms with E-state index in [0.717, 1.165) is 0 Å². The maximum absolute atomic E-state index is 12.3. The van der Waals surface area contributed by atoms with Crippen LogP contribution in [0.25, 0.3) is 0 Å². The zero-order valence-corrected chi connectivity index (χ0v) is 15.1. The summed E-state index contributed by atoms with van der Waals surface area (Å²) < 4.78 is 19.2. The van der Waals surface area contributed by atoms with Gasteiger partial charge >= 0.3 is 12.0 Å². The van der Waals surface area contributed by atoms with E-state index >= 15 is 0 Å². The number of rotatable bonds is 3. The second-order valence-electron chi connectivity index (χ2n) is 4.96. The molecule has 1 N–H and O–H groups in total. The van der Waals surface area contributed by atoms with Gasteiger partial charge in [-0.15, -0.1) is 0 Å². The quantitative estimate of drug-likeness (QED) is 0.774. The molecule has 0 bridgehead atoms. The van der Waals surface area contributed by atoms with Gasteiger partial charge in [0.05, 0.1) is 7.11 Å². The van der Waals surface area contributed by atoms with Crippen molar-refractivity contribution in [2.24, 2.45) is 0 Å². The third kappa shape index (κ3) is 3.66. The lowest BCUT2D eigenvalue weighted by Crippen LogP contribution is -2.64. The number of alkyl halides is 3. The lowest BCUT2D eigenvalue weighted by atomic mass is 10.3. The van der Waals surface area contributed by atoms with Crippen molar-refractivity contribution in [2.75, 3.05) is 7.11 Å². The Balaban J connectivity index is 1.79. The fourth-order valence-electron chi connectivity index (χ4n) is 2.12. The first-order valence-electron chi connectivity index (χ1n) is 7.01. The summed E-state index contributed by atoms with van der Waals surface area (Å²) >= 11 is 17.9. The SMILES string of the molecule is COc1cccc(OC(=O)NC2(C(Cl)(Cl)Cl)Oc3ccccc3O2)c1. The van der Waals surface area contributed by atoms with E-state index in [1.807, 2.05) is 0 Å². The fraction of sp³-hybridized carbons (Fsp3) is 0.188. The Morgan fingerprint density at radius 3 is 2.20 bits per heavy atom. The molecular weight excluding hydrogens is 393 g/mol. The molecule has 1 amide bonds. The van der Waals surface area contributed by atoms with E-state index < -0.39 is 15.8 Å². The molecule has 0 saturated carbocycles. The topological polar surface area (TPSA) is 66.0 Å². The number of methoxy groups -OCH3 is 1. The summed E-state index contributed by atoms with van der Waals surface area (Å²) in [6.45, 7) is 0. The van der Waals surface area contributed by atoms with Gasteiger partial charge in [-0.1, -0.05) is 53.0 Å². The molecule has 0 fully saturated rings. The zero-order valence-electron chi connectivity index (χ0n) is 12.8. The second kappa shape index (κ2) is 6.71. The molecule has 6 nitrogen and oxygen atoms in total. The van der Waals surface area contributed by atoms with Crippen molar-refractivity contribution in [2.45, 2.75) is 9.70 Å². The van der Waals surface area contributed by atoms with Gasteiger partial charge in [-0.05, 0) is 24.3 Å². The highest BCUT2D eigenvalue weighted by Gasteiger charge is 2.60. The number of carbonyl (C=O) groups is 1. The van der Waals surface area contributed by atoms with Crippen LogP contribution in [-0.2, 0) is 0 Å². The van der Waals surface area contributed by atoms with E-state index in [1.165, 1.54) is 13.2 Å². The molecule has 1 heterocycles. The van der Waals surface area contributed by atoms with Gasteiger partial charge in [0.15, 0.2) is 11.5 Å². The number of carbonyl (C=O) groups excluding carboxylic acids is 1. The number of hydrogen-bond donors (Lipinski definition) is 1. The average Bonchev–Trinajstić information content (AvgIpc) is 2.94. The number of ether oxygens (including phenoxy) is 4. The van der Waals surface area contributed by atoms with E-state index in [1.54, 1.807) is 42.5 Å². The molecule has 0 unspecified atom stereocenters. The number of fused-ring (bicyclic) bond motifs is 1. The zero-order chi connectivity index (χ0) is 18.1. The van der Waals surface area contributed by atoms with Crippen molar-refractivity contribution >= 4 is 40.9 Å². The lowest BCUT2D eigenvalue weighted by molar-refractivity contribution is -0.0964. The van der Waals surface area contributed by atoms with Gasteiger partial charge in [0.2, 0.25) is 0 Å². The highest BCUT2D eigenvalue weighted by Crippen LogP contribution is 2.48. The van der Waals surface area contributed by atoms with Crippen molar-refractivity contribution in [3.8, 4) is 23.0 Å². The van der Waals surface area contributed by atoms with Gasteiger partial charge in [0, 0.05) is 6.07 Å². The first kappa shape index (κ1) is 17.8. The van der Waals surface area contributed by atoms with Crippen LogP contribution in [0.3, 0.4) is 0 Å². The van der Waals surface area contributed by atoms with Crippen LogP contribution in [0.4, 0.5) is 4.79 Å². The molecule has 25 heavy (non-hydrogen) atoms. The predicted molar refractivity (Wildman–Crippen MR) is 92.9 cm³/mol. The third-order valence-corrected chi connectivity index (χ3v) is 3.99. The number of para-hydroxylation sites is 2. The molecule has 0 aromatic heterocycles. The molecular formula is C16H12Cl3NO5. The summed E-state index contributed by atoms with van der Waals surface area (Å²) in [4.78, 5) is 12.3. The third-order valence-electron chi connectivity index (χ3n) is 3.25. The van der Waals surface area contributed by atoms with Crippen molar-refractivity contribution in [3.63, 3.8) is 0 Å². The number of halogens is 3. The molecule has 0 spiro atoms. The van der Waals surface area contributed by atoms with Crippen molar-refractivity contribution in [1.82, 2.24) is 5.32 Å². The first-order chi connectivity index (χ1) is 11.8. The summed E-state index contributed by atoms with van der Waals surface area (Å²) in [7, 11) is 1.49. The van der Waals surface area contributed by atoms with E-state index in [-0.39, 0.29) is 5.75 Å². The predicted octanol–water partition coefficient (Wildman–Crippen LogP) is 4.28. The highest BCUT2D eigenvalue weighted by molar-refractivity contribution is 6.68. The van der Waals surface area contributed by atoms with Crippen LogP contribution in [0.1, 0.15) is 0 Å². The molecule has 1 aliphatic rings. The smallest absolute Gasteiger partial charge is 0.418 e. The van der Waals surface area contributed by atoms with Crippen LogP contribution in [0, 0.1) is 0 Å². The summed E-state index contributed by atoms with van der Waals surface area (Å²) in [6, 6.07) is 13.1. The van der Waals surface area contributed by atoms with Crippen LogP contribution in [0.2, 0.25) is 0 Å². The molecule has 2 aromatic carbocycles. The number of amides is 1. The Morgan fingerprint density at radius 2 is 1.64 bits per heavy atom. The highest BCUT2D eigenvalue weighted by atomic mass is 35.6. The van der Waals surface area contributed by atoms with Crippen LogP contribution >= 0.6 is 34.8 Å². The molecule has 9 heteroatoms. The second-order valence-corrected chi connectivity index (χ2v) is 7.24. The Kier molecular flexibility index (Phi) is 4.77. The van der Waals surface area contributed by atoms with Gasteiger partial charge in [-0.2, -0.15) is 0 Å². The molecule has 0 radical (unpaired) electrons. The Morgan fingerprint density at radius 1 is 1.04 bits per heavy atom. The number of hydrogen-bond acceptors (Lipinski definition) is 5. The lowest BCUT2D eigenvalue weighted by Gasteiger charge is -2.33. The largest absolute Gasteiger partial charge is 0.497 e. The Bertz CT molecular complexity index is 768. The molecule has 1 aliphatic heterocycles. The van der Waals surface area contributed by atoms with Gasteiger partial charge in [0.1, 0.15) is 11.5 Å². The van der Waals surface area contributed by atoms with Crippen LogP contribution in [0.5, 0.6) is 23.0 Å². The summed E-state index contributed by atoms with van der Waals surface area (Å²) in [5.74, 6) is -0.697. The van der Waals surface area contributed by atoms with Gasteiger partial charge in [0.25, 0.3) is 3.79 Å². The van der Waals surface area contributed by atoms with Crippen LogP contribution in [-0.4, -0.2) is 22.9 Å². The first-order valence-corrected chi connectivity index (χ1v) is 8.14. The molecule has 132 valence electrons. The molecule has 3 rings (SSSR count). The fourth-order valence-corrected chi connectivity index (χ4v) is 2.49. The standard InChI is InChI=1S/C16H12Cl3NO5/c1-22-10-5-4-6-11(9-10)23-14(21)20-16(15(17,18)19)24-12-7-2-3-8-13(12)25-16/h2-9H,1H3,(H,20,21). The molecule has 2 aromatic rings. The van der Waals surface area contributed by atoms with Gasteiger partial charge in [-0.25, -0.2) is 10.1 Å². The normalized spacial score (nSPS) is 14.7. The van der Waals surface area contributed by atoms with E-state index in [9.17, 15) is 4.79 Å².